The number of rotatable bonds is 3. The van der Waals surface area contributed by atoms with Crippen molar-refractivity contribution < 1.29 is 4.92 Å². The smallest absolute Gasteiger partial charge is 0.269 e. The average molecular weight is 217 g/mol. The molecule has 0 fully saturated rings. The molecule has 0 N–H and O–H groups in total. The van der Waals surface area contributed by atoms with Crippen molar-refractivity contribution in [2.24, 2.45) is 0 Å². The van der Waals surface area contributed by atoms with Crippen LogP contribution in [0.1, 0.15) is 11.3 Å². The quantitative estimate of drug-likeness (QED) is 0.584. The van der Waals surface area contributed by atoms with Gasteiger partial charge in [-0.05, 0) is 12.5 Å². The topological polar surface area (TPSA) is 61.0 Å². The fraction of sp³-hybridized carbons (Fsp3) is 0.182. The van der Waals surface area contributed by atoms with Crippen LogP contribution in [0.25, 0.3) is 0 Å². The Morgan fingerprint density at radius 3 is 2.56 bits per heavy atom. The van der Waals surface area contributed by atoms with Crippen molar-refractivity contribution in [1.29, 1.82) is 0 Å². The fourth-order valence-electron chi connectivity index (χ4n) is 1.47. The Morgan fingerprint density at radius 1 is 1.38 bits per heavy atom. The highest BCUT2D eigenvalue weighted by molar-refractivity contribution is 5.33. The summed E-state index contributed by atoms with van der Waals surface area (Å²) in [4.78, 5) is 14.1. The molecule has 82 valence electrons. The molecule has 0 spiro atoms. The summed E-state index contributed by atoms with van der Waals surface area (Å²) >= 11 is 0. The monoisotopic (exact) mass is 217 g/mol. The predicted octanol–water partition coefficient (Wildman–Crippen LogP) is 2.15. The summed E-state index contributed by atoms with van der Waals surface area (Å²) in [5, 5.41) is 10.5. The Hall–Kier alpha value is -2.17. The molecule has 16 heavy (non-hydrogen) atoms. The van der Waals surface area contributed by atoms with Crippen LogP contribution in [0.2, 0.25) is 0 Å². The minimum absolute atomic E-state index is 0.117. The van der Waals surface area contributed by atoms with E-state index in [0.717, 1.165) is 11.3 Å². The molecule has 0 aliphatic carbocycles. The largest absolute Gasteiger partial charge is 0.330 e. The standard InChI is InChI=1S/C11H11N3O2/c1-9-6-12-8-13(9)7-10-2-4-11(5-3-10)14(15)16/h2-6,8H,7H2,1H3. The van der Waals surface area contributed by atoms with Crippen LogP contribution in [-0.4, -0.2) is 14.5 Å². The average Bonchev–Trinajstić information content (AvgIpc) is 2.65. The maximum Gasteiger partial charge on any atom is 0.269 e. The van der Waals surface area contributed by atoms with E-state index < -0.39 is 4.92 Å². The zero-order valence-electron chi connectivity index (χ0n) is 8.83. The molecule has 0 atom stereocenters. The van der Waals surface area contributed by atoms with E-state index in [0.29, 0.717) is 6.54 Å². The fourth-order valence-corrected chi connectivity index (χ4v) is 1.47. The molecule has 0 unspecified atom stereocenters. The predicted molar refractivity (Wildman–Crippen MR) is 59.2 cm³/mol. The van der Waals surface area contributed by atoms with Gasteiger partial charge in [-0.2, -0.15) is 0 Å². The van der Waals surface area contributed by atoms with E-state index in [-0.39, 0.29) is 5.69 Å². The Kier molecular flexibility index (Phi) is 2.68. The van der Waals surface area contributed by atoms with Gasteiger partial charge in [0.2, 0.25) is 0 Å². The number of hydrogen-bond donors (Lipinski definition) is 0. The lowest BCUT2D eigenvalue weighted by atomic mass is 10.2. The Morgan fingerprint density at radius 2 is 2.06 bits per heavy atom. The molecule has 1 aromatic heterocycles. The van der Waals surface area contributed by atoms with Gasteiger partial charge >= 0.3 is 0 Å². The second-order valence-corrected chi connectivity index (χ2v) is 3.59. The molecule has 0 aliphatic heterocycles. The molecule has 0 aliphatic rings. The van der Waals surface area contributed by atoms with Gasteiger partial charge in [-0.15, -0.1) is 0 Å². The Balaban J connectivity index is 2.17. The summed E-state index contributed by atoms with van der Waals surface area (Å²) in [5.41, 5.74) is 2.20. The van der Waals surface area contributed by atoms with Crippen LogP contribution in [0.4, 0.5) is 5.69 Å². The van der Waals surface area contributed by atoms with Crippen LogP contribution >= 0.6 is 0 Å². The molecule has 0 saturated heterocycles. The van der Waals surface area contributed by atoms with Crippen molar-refractivity contribution in [3.8, 4) is 0 Å². The Labute approximate surface area is 92.5 Å². The summed E-state index contributed by atoms with van der Waals surface area (Å²) in [6, 6.07) is 6.55. The van der Waals surface area contributed by atoms with Gasteiger partial charge in [0.15, 0.2) is 0 Å². The van der Waals surface area contributed by atoms with Crippen LogP contribution in [0.3, 0.4) is 0 Å². The number of nitro groups is 1. The van der Waals surface area contributed by atoms with Gasteiger partial charge in [0.1, 0.15) is 0 Å². The number of nitro benzene ring substituents is 1. The molecule has 5 nitrogen and oxygen atoms in total. The van der Waals surface area contributed by atoms with Gasteiger partial charge in [-0.1, -0.05) is 12.1 Å². The SMILES string of the molecule is Cc1cncn1Cc1ccc([N+](=O)[O-])cc1. The highest BCUT2D eigenvalue weighted by Gasteiger charge is 2.04. The molecular weight excluding hydrogens is 206 g/mol. The normalized spacial score (nSPS) is 10.3. The number of aryl methyl sites for hydroxylation is 1. The molecule has 1 heterocycles. The van der Waals surface area contributed by atoms with Crippen molar-refractivity contribution in [2.45, 2.75) is 13.5 Å². The third-order valence-electron chi connectivity index (χ3n) is 2.42. The summed E-state index contributed by atoms with van der Waals surface area (Å²) in [7, 11) is 0. The highest BCUT2D eigenvalue weighted by atomic mass is 16.6. The van der Waals surface area contributed by atoms with Crippen molar-refractivity contribution >= 4 is 5.69 Å². The number of benzene rings is 1. The van der Waals surface area contributed by atoms with E-state index in [4.69, 9.17) is 0 Å². The minimum Gasteiger partial charge on any atom is -0.330 e. The van der Waals surface area contributed by atoms with Gasteiger partial charge in [0.05, 0.1) is 11.3 Å². The van der Waals surface area contributed by atoms with Gasteiger partial charge in [-0.25, -0.2) is 4.98 Å². The summed E-state index contributed by atoms with van der Waals surface area (Å²) in [6.45, 7) is 2.65. The van der Waals surface area contributed by atoms with E-state index in [1.165, 1.54) is 12.1 Å². The molecule has 1 aromatic carbocycles. The third-order valence-corrected chi connectivity index (χ3v) is 2.42. The first-order valence-electron chi connectivity index (χ1n) is 4.87. The van der Waals surface area contributed by atoms with Gasteiger partial charge in [-0.3, -0.25) is 10.1 Å². The molecule has 2 rings (SSSR count). The van der Waals surface area contributed by atoms with E-state index in [1.807, 2.05) is 11.5 Å². The lowest BCUT2D eigenvalue weighted by molar-refractivity contribution is -0.384. The second-order valence-electron chi connectivity index (χ2n) is 3.59. The first-order valence-corrected chi connectivity index (χ1v) is 4.87. The van der Waals surface area contributed by atoms with Crippen molar-refractivity contribution in [1.82, 2.24) is 9.55 Å². The van der Waals surface area contributed by atoms with E-state index in [1.54, 1.807) is 24.7 Å². The van der Waals surface area contributed by atoms with Crippen LogP contribution in [0, 0.1) is 17.0 Å². The lowest BCUT2D eigenvalue weighted by Gasteiger charge is -2.04. The number of non-ortho nitro benzene ring substituents is 1. The molecular formula is C11H11N3O2. The number of hydrogen-bond acceptors (Lipinski definition) is 3. The number of imidazole rings is 1. The first-order chi connectivity index (χ1) is 7.66. The molecule has 0 saturated carbocycles. The first kappa shape index (κ1) is 10.4. The third kappa shape index (κ3) is 2.08. The molecule has 0 radical (unpaired) electrons. The highest BCUT2D eigenvalue weighted by Crippen LogP contribution is 2.13. The van der Waals surface area contributed by atoms with Gasteiger partial charge in [0, 0.05) is 30.6 Å². The van der Waals surface area contributed by atoms with Crippen LogP contribution < -0.4 is 0 Å². The van der Waals surface area contributed by atoms with Crippen molar-refractivity contribution in [3.63, 3.8) is 0 Å². The summed E-state index contributed by atoms with van der Waals surface area (Å²) < 4.78 is 1.99. The maximum absolute atomic E-state index is 10.5. The minimum atomic E-state index is -0.397. The van der Waals surface area contributed by atoms with Crippen LogP contribution in [-0.2, 0) is 6.54 Å². The zero-order chi connectivity index (χ0) is 11.5. The summed E-state index contributed by atoms with van der Waals surface area (Å²) in [6.07, 6.45) is 3.53. The van der Waals surface area contributed by atoms with Crippen LogP contribution in [0.5, 0.6) is 0 Å². The lowest BCUT2D eigenvalue weighted by Crippen LogP contribution is -2.00. The number of nitrogens with zero attached hydrogens (tertiary/aromatic N) is 3. The van der Waals surface area contributed by atoms with Crippen molar-refractivity contribution in [3.05, 3.63) is 58.2 Å². The van der Waals surface area contributed by atoms with Gasteiger partial charge < -0.3 is 4.57 Å². The van der Waals surface area contributed by atoms with Crippen molar-refractivity contribution in [2.75, 3.05) is 0 Å². The van der Waals surface area contributed by atoms with E-state index in [9.17, 15) is 10.1 Å². The van der Waals surface area contributed by atoms with Crippen LogP contribution in [0.15, 0.2) is 36.8 Å². The maximum atomic E-state index is 10.5. The van der Waals surface area contributed by atoms with Gasteiger partial charge in [0.25, 0.3) is 5.69 Å². The molecule has 0 amide bonds. The second kappa shape index (κ2) is 4.14. The van der Waals surface area contributed by atoms with E-state index in [2.05, 4.69) is 4.98 Å². The summed E-state index contributed by atoms with van der Waals surface area (Å²) in [5.74, 6) is 0. The van der Waals surface area contributed by atoms with E-state index >= 15 is 0 Å². The zero-order valence-corrected chi connectivity index (χ0v) is 8.83. The Bertz CT molecular complexity index is 502. The molecule has 2 aromatic rings. The number of aromatic nitrogens is 2. The molecule has 5 heteroatoms. The molecule has 0 bridgehead atoms.